The highest BCUT2D eigenvalue weighted by molar-refractivity contribution is 7.89. The number of rotatable bonds is 6. The van der Waals surface area contributed by atoms with Crippen molar-refractivity contribution < 1.29 is 13.3 Å². The van der Waals surface area contributed by atoms with E-state index >= 15 is 0 Å². The molecule has 0 aromatic heterocycles. The fourth-order valence-corrected chi connectivity index (χ4v) is 5.51. The lowest BCUT2D eigenvalue weighted by Crippen LogP contribution is -2.38. The normalized spacial score (nSPS) is 15.6. The SMILES string of the molecule is O=[N+]([O-])c1ccc(-c2ccc(S(=O)(=O)N3CCC(Cc4ccccc4)CC3)cc2)cc1. The van der Waals surface area contributed by atoms with Gasteiger partial charge in [-0.25, -0.2) is 8.42 Å². The Hall–Kier alpha value is -3.03. The largest absolute Gasteiger partial charge is 0.269 e. The van der Waals surface area contributed by atoms with Gasteiger partial charge in [0.05, 0.1) is 9.82 Å². The molecule has 1 aliphatic heterocycles. The molecule has 1 heterocycles. The van der Waals surface area contributed by atoms with Crippen molar-refractivity contribution in [3.8, 4) is 11.1 Å². The molecule has 1 aliphatic rings. The van der Waals surface area contributed by atoms with Crippen LogP contribution in [0.4, 0.5) is 5.69 Å². The van der Waals surface area contributed by atoms with E-state index in [0.29, 0.717) is 19.0 Å². The first-order valence-electron chi connectivity index (χ1n) is 10.3. The Kier molecular flexibility index (Phi) is 6.15. The highest BCUT2D eigenvalue weighted by Crippen LogP contribution is 2.28. The van der Waals surface area contributed by atoms with E-state index in [1.807, 2.05) is 18.2 Å². The molecule has 7 heteroatoms. The smallest absolute Gasteiger partial charge is 0.258 e. The molecule has 0 bridgehead atoms. The van der Waals surface area contributed by atoms with Crippen LogP contribution in [0, 0.1) is 16.0 Å². The van der Waals surface area contributed by atoms with Gasteiger partial charge >= 0.3 is 0 Å². The molecule has 0 atom stereocenters. The average molecular weight is 437 g/mol. The number of hydrogen-bond acceptors (Lipinski definition) is 4. The number of sulfonamides is 1. The van der Waals surface area contributed by atoms with Crippen molar-refractivity contribution in [2.75, 3.05) is 13.1 Å². The van der Waals surface area contributed by atoms with Crippen LogP contribution in [0.15, 0.2) is 83.8 Å². The van der Waals surface area contributed by atoms with E-state index in [4.69, 9.17) is 0 Å². The van der Waals surface area contributed by atoms with E-state index in [0.717, 1.165) is 30.4 Å². The Morgan fingerprint density at radius 1 is 0.839 bits per heavy atom. The van der Waals surface area contributed by atoms with Gasteiger partial charge in [0.15, 0.2) is 0 Å². The Morgan fingerprint density at radius 2 is 1.39 bits per heavy atom. The zero-order valence-electron chi connectivity index (χ0n) is 17.1. The molecule has 31 heavy (non-hydrogen) atoms. The highest BCUT2D eigenvalue weighted by Gasteiger charge is 2.29. The van der Waals surface area contributed by atoms with Crippen molar-refractivity contribution in [2.45, 2.75) is 24.2 Å². The van der Waals surface area contributed by atoms with Gasteiger partial charge in [0.2, 0.25) is 10.0 Å². The first-order chi connectivity index (χ1) is 14.9. The molecule has 0 spiro atoms. The summed E-state index contributed by atoms with van der Waals surface area (Å²) in [5, 5.41) is 10.8. The summed E-state index contributed by atoms with van der Waals surface area (Å²) in [6.07, 6.45) is 2.70. The van der Waals surface area contributed by atoms with Gasteiger partial charge < -0.3 is 0 Å². The number of hydrogen-bond donors (Lipinski definition) is 0. The molecule has 0 aliphatic carbocycles. The fourth-order valence-electron chi connectivity index (χ4n) is 4.05. The first-order valence-corrected chi connectivity index (χ1v) is 11.8. The summed E-state index contributed by atoms with van der Waals surface area (Å²) >= 11 is 0. The molecule has 3 aromatic carbocycles. The topological polar surface area (TPSA) is 80.5 Å². The van der Waals surface area contributed by atoms with E-state index in [9.17, 15) is 18.5 Å². The highest BCUT2D eigenvalue weighted by atomic mass is 32.2. The summed E-state index contributed by atoms with van der Waals surface area (Å²) in [7, 11) is -3.53. The van der Waals surface area contributed by atoms with Crippen LogP contribution in [0.25, 0.3) is 11.1 Å². The minimum absolute atomic E-state index is 0.0265. The zero-order valence-corrected chi connectivity index (χ0v) is 17.9. The van der Waals surface area contributed by atoms with Crippen molar-refractivity contribution in [1.82, 2.24) is 4.31 Å². The summed E-state index contributed by atoms with van der Waals surface area (Å²) in [6, 6.07) is 23.3. The second-order valence-electron chi connectivity index (χ2n) is 7.87. The molecular weight excluding hydrogens is 412 g/mol. The van der Waals surface area contributed by atoms with Gasteiger partial charge in [0, 0.05) is 25.2 Å². The maximum Gasteiger partial charge on any atom is 0.269 e. The molecule has 1 fully saturated rings. The van der Waals surface area contributed by atoms with Gasteiger partial charge in [0.25, 0.3) is 5.69 Å². The third-order valence-electron chi connectivity index (χ3n) is 5.84. The maximum atomic E-state index is 13.1. The minimum atomic E-state index is -3.53. The first kappa shape index (κ1) is 21.2. The third kappa shape index (κ3) is 4.84. The van der Waals surface area contributed by atoms with Gasteiger partial charge in [-0.3, -0.25) is 10.1 Å². The summed E-state index contributed by atoms with van der Waals surface area (Å²) in [5.41, 5.74) is 2.94. The second kappa shape index (κ2) is 8.99. The number of non-ortho nitro benzene ring substituents is 1. The summed E-state index contributed by atoms with van der Waals surface area (Å²) in [6.45, 7) is 1.06. The van der Waals surface area contributed by atoms with Gasteiger partial charge in [-0.05, 0) is 66.1 Å². The molecule has 1 saturated heterocycles. The van der Waals surface area contributed by atoms with Crippen LogP contribution >= 0.6 is 0 Å². The van der Waals surface area contributed by atoms with E-state index in [-0.39, 0.29) is 10.6 Å². The molecule has 0 N–H and O–H groups in total. The second-order valence-corrected chi connectivity index (χ2v) is 9.80. The lowest BCUT2D eigenvalue weighted by molar-refractivity contribution is -0.384. The third-order valence-corrected chi connectivity index (χ3v) is 7.76. The number of benzene rings is 3. The van der Waals surface area contributed by atoms with Crippen LogP contribution in [-0.2, 0) is 16.4 Å². The van der Waals surface area contributed by atoms with Crippen LogP contribution in [0.1, 0.15) is 18.4 Å². The van der Waals surface area contributed by atoms with Gasteiger partial charge in [0.1, 0.15) is 0 Å². The molecule has 3 aromatic rings. The van der Waals surface area contributed by atoms with Crippen molar-refractivity contribution in [1.29, 1.82) is 0 Å². The van der Waals surface area contributed by atoms with Crippen LogP contribution < -0.4 is 0 Å². The lowest BCUT2D eigenvalue weighted by Gasteiger charge is -2.31. The molecule has 0 unspecified atom stereocenters. The average Bonchev–Trinajstić information content (AvgIpc) is 2.80. The monoisotopic (exact) mass is 436 g/mol. The van der Waals surface area contributed by atoms with Gasteiger partial charge in [-0.15, -0.1) is 0 Å². The fraction of sp³-hybridized carbons (Fsp3) is 0.250. The molecule has 4 rings (SSSR count). The molecule has 0 saturated carbocycles. The number of nitro benzene ring substituents is 1. The van der Waals surface area contributed by atoms with Gasteiger partial charge in [-0.2, -0.15) is 4.31 Å². The number of nitrogens with zero attached hydrogens (tertiary/aromatic N) is 2. The molecule has 160 valence electrons. The van der Waals surface area contributed by atoms with Crippen molar-refractivity contribution in [3.63, 3.8) is 0 Å². The Bertz CT molecular complexity index is 1140. The standard InChI is InChI=1S/C24H24N2O4S/c27-26(28)23-10-6-21(7-11-23)22-8-12-24(13-9-22)31(29,30)25-16-14-20(15-17-25)18-19-4-2-1-3-5-19/h1-13,20H,14-18H2. The van der Waals surface area contributed by atoms with Crippen LogP contribution in [-0.4, -0.2) is 30.7 Å². The molecule has 0 radical (unpaired) electrons. The Labute approximate surface area is 182 Å². The van der Waals surface area contributed by atoms with Crippen LogP contribution in [0.2, 0.25) is 0 Å². The molecule has 6 nitrogen and oxygen atoms in total. The van der Waals surface area contributed by atoms with Crippen LogP contribution in [0.3, 0.4) is 0 Å². The number of nitro groups is 1. The number of piperidine rings is 1. The van der Waals surface area contributed by atoms with E-state index < -0.39 is 14.9 Å². The quantitative estimate of drug-likeness (QED) is 0.406. The van der Waals surface area contributed by atoms with Crippen molar-refractivity contribution in [2.24, 2.45) is 5.92 Å². The van der Waals surface area contributed by atoms with Crippen molar-refractivity contribution >= 4 is 15.7 Å². The Balaban J connectivity index is 1.41. The van der Waals surface area contributed by atoms with E-state index in [1.54, 1.807) is 40.7 Å². The molecular formula is C24H24N2O4S. The van der Waals surface area contributed by atoms with Crippen LogP contribution in [0.5, 0.6) is 0 Å². The predicted molar refractivity (Wildman–Crippen MR) is 120 cm³/mol. The minimum Gasteiger partial charge on any atom is -0.258 e. The lowest BCUT2D eigenvalue weighted by atomic mass is 9.91. The van der Waals surface area contributed by atoms with E-state index in [1.165, 1.54) is 17.7 Å². The van der Waals surface area contributed by atoms with Crippen molar-refractivity contribution in [3.05, 3.63) is 94.5 Å². The van der Waals surface area contributed by atoms with E-state index in [2.05, 4.69) is 12.1 Å². The molecule has 0 amide bonds. The Morgan fingerprint density at radius 3 is 1.94 bits per heavy atom. The summed E-state index contributed by atoms with van der Waals surface area (Å²) in [5.74, 6) is 0.498. The zero-order chi connectivity index (χ0) is 21.8. The maximum absolute atomic E-state index is 13.1. The van der Waals surface area contributed by atoms with Gasteiger partial charge in [-0.1, -0.05) is 42.5 Å². The predicted octanol–water partition coefficient (Wildman–Crippen LogP) is 4.91. The summed E-state index contributed by atoms with van der Waals surface area (Å²) in [4.78, 5) is 10.6. The summed E-state index contributed by atoms with van der Waals surface area (Å²) < 4.78 is 27.7.